The maximum atomic E-state index is 7.00. The first-order valence-electron chi connectivity index (χ1n) is 19.1. The lowest BCUT2D eigenvalue weighted by atomic mass is 9.79. The first-order valence-corrected chi connectivity index (χ1v) is 19.1. The van der Waals surface area contributed by atoms with Gasteiger partial charge in [-0.25, -0.2) is 15.0 Å². The van der Waals surface area contributed by atoms with E-state index in [1.54, 1.807) is 6.08 Å². The Labute approximate surface area is 326 Å². The number of rotatable bonds is 7. The number of aromatic nitrogens is 3. The van der Waals surface area contributed by atoms with E-state index in [0.717, 1.165) is 55.5 Å². The summed E-state index contributed by atoms with van der Waals surface area (Å²) in [5.74, 6) is 1.85. The van der Waals surface area contributed by atoms with Gasteiger partial charge in [-0.2, -0.15) is 0 Å². The van der Waals surface area contributed by atoms with Crippen molar-refractivity contribution in [2.75, 3.05) is 0 Å². The molecule has 0 spiro atoms. The van der Waals surface area contributed by atoms with E-state index in [9.17, 15) is 0 Å². The summed E-state index contributed by atoms with van der Waals surface area (Å²) in [5.41, 5.74) is 12.5. The molecule has 7 aromatic rings. The molecule has 4 heteroatoms. The molecule has 55 heavy (non-hydrogen) atoms. The maximum Gasteiger partial charge on any atom is 0.164 e. The van der Waals surface area contributed by atoms with Gasteiger partial charge in [-0.1, -0.05) is 191 Å². The van der Waals surface area contributed by atoms with E-state index in [-0.39, 0.29) is 16.2 Å². The van der Waals surface area contributed by atoms with Crippen LogP contribution in [0.3, 0.4) is 0 Å². The lowest BCUT2D eigenvalue weighted by Crippen LogP contribution is -2.16. The lowest BCUT2D eigenvalue weighted by molar-refractivity contribution is 0.550. The van der Waals surface area contributed by atoms with Crippen LogP contribution in [0.25, 0.3) is 72.8 Å². The number of allylic oxidation sites excluding steroid dienone is 4. The molecule has 0 aliphatic rings. The minimum atomic E-state index is -0.104. The van der Waals surface area contributed by atoms with Gasteiger partial charge in [0.25, 0.3) is 0 Å². The van der Waals surface area contributed by atoms with Gasteiger partial charge in [0.15, 0.2) is 17.5 Å². The highest BCUT2D eigenvalue weighted by Crippen LogP contribution is 2.46. The summed E-state index contributed by atoms with van der Waals surface area (Å²) in [6.07, 6.45) is 5.55. The van der Waals surface area contributed by atoms with E-state index in [4.69, 9.17) is 19.4 Å². The molecule has 0 unspecified atom stereocenters. The van der Waals surface area contributed by atoms with E-state index in [0.29, 0.717) is 17.5 Å². The monoisotopic (exact) mass is 721 g/mol. The molecule has 0 radical (unpaired) electrons. The van der Waals surface area contributed by atoms with Crippen LogP contribution in [0.5, 0.6) is 0 Å². The van der Waals surface area contributed by atoms with Gasteiger partial charge in [-0.05, 0) is 50.1 Å². The summed E-state index contributed by atoms with van der Waals surface area (Å²) < 4.78 is 7.00. The van der Waals surface area contributed by atoms with Crippen molar-refractivity contribution < 1.29 is 4.42 Å². The maximum absolute atomic E-state index is 7.00. The Bertz CT molecular complexity index is 2580. The molecule has 5 aromatic carbocycles. The van der Waals surface area contributed by atoms with Crippen molar-refractivity contribution in [3.63, 3.8) is 0 Å². The van der Waals surface area contributed by atoms with Crippen LogP contribution in [0, 0.1) is 0 Å². The Morgan fingerprint density at radius 3 is 1.58 bits per heavy atom. The standard InChI is InChI=1S/C51H51N3O/c1-12-17-32(13-2)33-20-24-36(25-21-33)47-52-46(35-18-15-14-16-19-35)53-48(54-47)37-26-22-34(23-27-37)39-28-29-41(50(6,7)8)45-43(39)40-30-38(49(3,4)5)31-42(44(40)55-45)51(9,10)11/h12-31H,1-2H2,3-11H3/b32-17+. The topological polar surface area (TPSA) is 51.8 Å². The van der Waals surface area contributed by atoms with Crippen LogP contribution in [-0.2, 0) is 16.2 Å². The van der Waals surface area contributed by atoms with Crippen molar-refractivity contribution >= 4 is 27.5 Å². The fourth-order valence-corrected chi connectivity index (χ4v) is 7.17. The predicted molar refractivity (Wildman–Crippen MR) is 233 cm³/mol. The smallest absolute Gasteiger partial charge is 0.164 e. The van der Waals surface area contributed by atoms with E-state index in [1.165, 1.54) is 22.1 Å². The van der Waals surface area contributed by atoms with Gasteiger partial charge < -0.3 is 4.42 Å². The van der Waals surface area contributed by atoms with E-state index in [1.807, 2.05) is 54.6 Å². The summed E-state index contributed by atoms with van der Waals surface area (Å²) in [4.78, 5) is 15.0. The SMILES string of the molecule is C=C/C=C(\C=C)c1ccc(-c2nc(-c3ccccc3)nc(-c3ccc(-c4ccc(C(C)(C)C)c5oc6c(C(C)(C)C)cc(C(C)(C)C)cc6c45)cc3)n2)cc1. The van der Waals surface area contributed by atoms with Gasteiger partial charge in [0.05, 0.1) is 0 Å². The third-order valence-electron chi connectivity index (χ3n) is 10.3. The van der Waals surface area contributed by atoms with Crippen LogP contribution in [0.4, 0.5) is 0 Å². The van der Waals surface area contributed by atoms with Crippen LogP contribution >= 0.6 is 0 Å². The van der Waals surface area contributed by atoms with Crippen LogP contribution in [0.15, 0.2) is 139 Å². The molecule has 0 saturated carbocycles. The normalized spacial score (nSPS) is 12.7. The second-order valence-corrected chi connectivity index (χ2v) is 17.5. The minimum Gasteiger partial charge on any atom is -0.455 e. The zero-order valence-electron chi connectivity index (χ0n) is 33.7. The Morgan fingerprint density at radius 2 is 1.07 bits per heavy atom. The fraction of sp³-hybridized carbons (Fsp3) is 0.235. The van der Waals surface area contributed by atoms with Crippen LogP contribution < -0.4 is 0 Å². The molecule has 0 atom stereocenters. The molecule has 0 N–H and O–H groups in total. The first-order chi connectivity index (χ1) is 26.1. The molecule has 276 valence electrons. The molecule has 4 nitrogen and oxygen atoms in total. The number of hydrogen-bond acceptors (Lipinski definition) is 4. The first kappa shape index (κ1) is 37.4. The van der Waals surface area contributed by atoms with Crippen molar-refractivity contribution in [3.05, 3.63) is 157 Å². The molecular weight excluding hydrogens is 671 g/mol. The second kappa shape index (κ2) is 14.1. The molecule has 0 fully saturated rings. The Hall–Kier alpha value is -5.87. The van der Waals surface area contributed by atoms with Crippen LogP contribution in [0.2, 0.25) is 0 Å². The quantitative estimate of drug-likeness (QED) is 0.154. The van der Waals surface area contributed by atoms with E-state index in [2.05, 4.69) is 136 Å². The third kappa shape index (κ3) is 7.34. The largest absolute Gasteiger partial charge is 0.455 e. The Kier molecular flexibility index (Phi) is 9.59. The van der Waals surface area contributed by atoms with Crippen molar-refractivity contribution in [1.82, 2.24) is 15.0 Å². The molecule has 2 heterocycles. The fourth-order valence-electron chi connectivity index (χ4n) is 7.17. The van der Waals surface area contributed by atoms with Crippen LogP contribution in [-0.4, -0.2) is 15.0 Å². The van der Waals surface area contributed by atoms with Crippen molar-refractivity contribution in [3.8, 4) is 45.3 Å². The molecule has 0 amide bonds. The number of nitrogens with zero attached hydrogens (tertiary/aromatic N) is 3. The molecule has 0 aliphatic heterocycles. The van der Waals surface area contributed by atoms with E-state index < -0.39 is 0 Å². The predicted octanol–water partition coefficient (Wildman–Crippen LogP) is 14.1. The average molecular weight is 722 g/mol. The van der Waals surface area contributed by atoms with Crippen molar-refractivity contribution in [1.29, 1.82) is 0 Å². The van der Waals surface area contributed by atoms with E-state index >= 15 is 0 Å². The molecule has 7 rings (SSSR count). The number of fused-ring (bicyclic) bond motifs is 3. The van der Waals surface area contributed by atoms with Crippen molar-refractivity contribution in [2.24, 2.45) is 0 Å². The summed E-state index contributed by atoms with van der Waals surface area (Å²) in [5, 5.41) is 2.32. The summed E-state index contributed by atoms with van der Waals surface area (Å²) in [6.45, 7) is 28.3. The lowest BCUT2D eigenvalue weighted by Gasteiger charge is -2.25. The van der Waals surface area contributed by atoms with Gasteiger partial charge in [0.2, 0.25) is 0 Å². The van der Waals surface area contributed by atoms with Gasteiger partial charge in [0, 0.05) is 38.6 Å². The molecular formula is C51H51N3O. The van der Waals surface area contributed by atoms with Gasteiger partial charge in [-0.3, -0.25) is 0 Å². The molecule has 2 aromatic heterocycles. The molecule has 0 saturated heterocycles. The van der Waals surface area contributed by atoms with Gasteiger partial charge in [-0.15, -0.1) is 0 Å². The summed E-state index contributed by atoms with van der Waals surface area (Å²) >= 11 is 0. The van der Waals surface area contributed by atoms with Crippen LogP contribution in [0.1, 0.15) is 84.6 Å². The Balaban J connectivity index is 1.39. The summed E-state index contributed by atoms with van der Waals surface area (Å²) in [7, 11) is 0. The summed E-state index contributed by atoms with van der Waals surface area (Å²) in [6, 6.07) is 36.1. The zero-order chi connectivity index (χ0) is 39.3. The number of benzene rings is 5. The number of furan rings is 1. The molecule has 0 aliphatic carbocycles. The molecule has 0 bridgehead atoms. The zero-order valence-corrected chi connectivity index (χ0v) is 33.7. The van der Waals surface area contributed by atoms with Crippen molar-refractivity contribution in [2.45, 2.75) is 78.6 Å². The average Bonchev–Trinajstić information content (AvgIpc) is 3.55. The Morgan fingerprint density at radius 1 is 0.545 bits per heavy atom. The van der Waals surface area contributed by atoms with Gasteiger partial charge >= 0.3 is 0 Å². The highest BCUT2D eigenvalue weighted by Gasteiger charge is 2.29. The highest BCUT2D eigenvalue weighted by molar-refractivity contribution is 6.14. The number of hydrogen-bond donors (Lipinski definition) is 0. The second-order valence-electron chi connectivity index (χ2n) is 17.5. The minimum absolute atomic E-state index is 0.0254. The van der Waals surface area contributed by atoms with Gasteiger partial charge in [0.1, 0.15) is 11.2 Å². The third-order valence-corrected chi connectivity index (χ3v) is 10.3. The highest BCUT2D eigenvalue weighted by atomic mass is 16.3.